The molecule has 0 saturated heterocycles. The molecule has 1 aromatic carbocycles. The van der Waals surface area contributed by atoms with E-state index >= 15 is 0 Å². The minimum absolute atomic E-state index is 0.0444. The van der Waals surface area contributed by atoms with Crippen LogP contribution in [-0.2, 0) is 20.7 Å². The predicted octanol–water partition coefficient (Wildman–Crippen LogP) is 1.74. The molecule has 4 nitrogen and oxygen atoms in total. The average Bonchev–Trinajstić information content (AvgIpc) is 2.30. The van der Waals surface area contributed by atoms with Gasteiger partial charge in [-0.1, -0.05) is 22.0 Å². The fourth-order valence-electron chi connectivity index (χ4n) is 1.25. The zero-order valence-corrected chi connectivity index (χ0v) is 10.5. The van der Waals surface area contributed by atoms with Crippen molar-refractivity contribution in [2.75, 3.05) is 14.2 Å². The summed E-state index contributed by atoms with van der Waals surface area (Å²) in [5.74, 6) is -0.892. The molecular formula is C11H11BrO4. The summed E-state index contributed by atoms with van der Waals surface area (Å²) in [7, 11) is 2.69. The summed E-state index contributed by atoms with van der Waals surface area (Å²) in [6.07, 6.45) is -0.0444. The first-order chi connectivity index (χ1) is 7.60. The zero-order chi connectivity index (χ0) is 12.1. The van der Waals surface area contributed by atoms with Crippen LogP contribution >= 0.6 is 15.9 Å². The third kappa shape index (κ3) is 2.82. The molecule has 0 fully saturated rings. The third-order valence-electron chi connectivity index (χ3n) is 2.05. The fourth-order valence-corrected chi connectivity index (χ4v) is 1.74. The Morgan fingerprint density at radius 2 is 2.00 bits per heavy atom. The lowest BCUT2D eigenvalue weighted by Crippen LogP contribution is -2.18. The molecule has 0 bridgehead atoms. The van der Waals surface area contributed by atoms with E-state index in [0.717, 1.165) is 4.47 Å². The van der Waals surface area contributed by atoms with Crippen molar-refractivity contribution >= 4 is 27.7 Å². The second-order valence-electron chi connectivity index (χ2n) is 3.01. The van der Waals surface area contributed by atoms with Crippen LogP contribution in [0.25, 0.3) is 0 Å². The molecule has 0 radical (unpaired) electrons. The molecule has 0 unspecified atom stereocenters. The van der Waals surface area contributed by atoms with Gasteiger partial charge in [-0.05, 0) is 12.1 Å². The van der Waals surface area contributed by atoms with E-state index in [2.05, 4.69) is 20.7 Å². The highest BCUT2D eigenvalue weighted by atomic mass is 79.9. The summed E-state index contributed by atoms with van der Waals surface area (Å²) in [6, 6.07) is 5.29. The highest BCUT2D eigenvalue weighted by Crippen LogP contribution is 2.27. The van der Waals surface area contributed by atoms with Crippen LogP contribution in [-0.4, -0.2) is 26.0 Å². The Hall–Kier alpha value is -1.36. The van der Waals surface area contributed by atoms with E-state index in [4.69, 9.17) is 4.74 Å². The smallest absolute Gasteiger partial charge is 0.374 e. The highest BCUT2D eigenvalue weighted by Gasteiger charge is 2.18. The zero-order valence-electron chi connectivity index (χ0n) is 8.95. The van der Waals surface area contributed by atoms with Gasteiger partial charge in [-0.2, -0.15) is 0 Å². The number of hydrogen-bond acceptors (Lipinski definition) is 4. The monoisotopic (exact) mass is 286 g/mol. The minimum atomic E-state index is -0.849. The molecule has 0 saturated carbocycles. The molecule has 86 valence electrons. The van der Waals surface area contributed by atoms with E-state index in [-0.39, 0.29) is 6.42 Å². The van der Waals surface area contributed by atoms with Crippen molar-refractivity contribution in [3.8, 4) is 5.75 Å². The molecular weight excluding hydrogens is 276 g/mol. The summed E-state index contributed by atoms with van der Waals surface area (Å²) >= 11 is 3.30. The van der Waals surface area contributed by atoms with E-state index in [1.54, 1.807) is 18.2 Å². The molecule has 0 aliphatic rings. The van der Waals surface area contributed by atoms with Crippen LogP contribution < -0.4 is 4.74 Å². The number of ketones is 1. The summed E-state index contributed by atoms with van der Waals surface area (Å²) in [4.78, 5) is 22.4. The lowest BCUT2D eigenvalue weighted by Gasteiger charge is -2.08. The quantitative estimate of drug-likeness (QED) is 0.625. The van der Waals surface area contributed by atoms with Gasteiger partial charge >= 0.3 is 5.97 Å². The Kier molecular flexibility index (Phi) is 4.49. The number of esters is 1. The Balaban J connectivity index is 2.96. The van der Waals surface area contributed by atoms with Gasteiger partial charge in [0.1, 0.15) is 5.75 Å². The van der Waals surface area contributed by atoms with Crippen LogP contribution in [0.4, 0.5) is 0 Å². The Morgan fingerprint density at radius 3 is 2.56 bits per heavy atom. The molecule has 0 aliphatic heterocycles. The van der Waals surface area contributed by atoms with Crippen molar-refractivity contribution in [3.05, 3.63) is 28.2 Å². The van der Waals surface area contributed by atoms with E-state index in [0.29, 0.717) is 11.3 Å². The first-order valence-corrected chi connectivity index (χ1v) is 5.32. The largest absolute Gasteiger partial charge is 0.496 e. The molecule has 5 heteroatoms. The van der Waals surface area contributed by atoms with E-state index < -0.39 is 11.8 Å². The molecule has 0 N–H and O–H groups in total. The fraction of sp³-hybridized carbons (Fsp3) is 0.273. The van der Waals surface area contributed by atoms with Crippen molar-refractivity contribution in [2.24, 2.45) is 0 Å². The lowest BCUT2D eigenvalue weighted by atomic mass is 10.1. The molecule has 0 spiro atoms. The highest BCUT2D eigenvalue weighted by molar-refractivity contribution is 9.10. The van der Waals surface area contributed by atoms with Crippen LogP contribution in [0.1, 0.15) is 5.56 Å². The standard InChI is InChI=1S/C11H11BrO4/c1-15-10-5-3-4-8(12)7(10)6-9(13)11(14)16-2/h3-5H,6H2,1-2H3. The van der Waals surface area contributed by atoms with Crippen molar-refractivity contribution in [2.45, 2.75) is 6.42 Å². The molecule has 0 heterocycles. The number of methoxy groups -OCH3 is 2. The molecule has 1 rings (SSSR count). The number of Topliss-reactive ketones (excluding diaryl/α,β-unsaturated/α-hetero) is 1. The number of benzene rings is 1. The Bertz CT molecular complexity index is 414. The van der Waals surface area contributed by atoms with Crippen molar-refractivity contribution in [3.63, 3.8) is 0 Å². The maximum Gasteiger partial charge on any atom is 0.374 e. The molecule has 0 atom stereocenters. The number of carbonyl (C=O) groups is 2. The number of carbonyl (C=O) groups excluding carboxylic acids is 2. The number of hydrogen-bond donors (Lipinski definition) is 0. The van der Waals surface area contributed by atoms with Crippen molar-refractivity contribution in [1.82, 2.24) is 0 Å². The number of ether oxygens (including phenoxy) is 2. The summed E-state index contributed by atoms with van der Waals surface area (Å²) in [5.41, 5.74) is 0.639. The van der Waals surface area contributed by atoms with Gasteiger partial charge in [-0.25, -0.2) is 4.79 Å². The van der Waals surface area contributed by atoms with E-state index in [1.165, 1.54) is 14.2 Å². The van der Waals surface area contributed by atoms with Crippen molar-refractivity contribution < 1.29 is 19.1 Å². The Morgan fingerprint density at radius 1 is 1.31 bits per heavy atom. The maximum absolute atomic E-state index is 11.4. The summed E-state index contributed by atoms with van der Waals surface area (Å²) in [5, 5.41) is 0. The van der Waals surface area contributed by atoms with Gasteiger partial charge in [0, 0.05) is 16.5 Å². The van der Waals surface area contributed by atoms with Crippen LogP contribution in [0.5, 0.6) is 5.75 Å². The van der Waals surface area contributed by atoms with Gasteiger partial charge < -0.3 is 9.47 Å². The molecule has 16 heavy (non-hydrogen) atoms. The second kappa shape index (κ2) is 5.65. The Labute approximate surface area is 102 Å². The second-order valence-corrected chi connectivity index (χ2v) is 3.87. The van der Waals surface area contributed by atoms with Gasteiger partial charge in [0.15, 0.2) is 0 Å². The lowest BCUT2D eigenvalue weighted by molar-refractivity contribution is -0.151. The third-order valence-corrected chi connectivity index (χ3v) is 2.79. The summed E-state index contributed by atoms with van der Waals surface area (Å²) in [6.45, 7) is 0. The molecule has 1 aromatic rings. The van der Waals surface area contributed by atoms with Crippen LogP contribution in [0.2, 0.25) is 0 Å². The minimum Gasteiger partial charge on any atom is -0.496 e. The van der Waals surface area contributed by atoms with Gasteiger partial charge in [-0.15, -0.1) is 0 Å². The van der Waals surface area contributed by atoms with Crippen molar-refractivity contribution in [1.29, 1.82) is 0 Å². The maximum atomic E-state index is 11.4. The number of halogens is 1. The van der Waals surface area contributed by atoms with E-state index in [9.17, 15) is 9.59 Å². The van der Waals surface area contributed by atoms with Gasteiger partial charge in [0.25, 0.3) is 0 Å². The summed E-state index contributed by atoms with van der Waals surface area (Å²) < 4.78 is 10.2. The van der Waals surface area contributed by atoms with Gasteiger partial charge in [0.05, 0.1) is 14.2 Å². The normalized spacial score (nSPS) is 9.69. The molecule has 0 amide bonds. The van der Waals surface area contributed by atoms with Gasteiger partial charge in [-0.3, -0.25) is 4.79 Å². The van der Waals surface area contributed by atoms with Gasteiger partial charge in [0.2, 0.25) is 5.78 Å². The van der Waals surface area contributed by atoms with Crippen LogP contribution in [0.3, 0.4) is 0 Å². The first-order valence-electron chi connectivity index (χ1n) is 4.52. The predicted molar refractivity (Wildman–Crippen MR) is 61.4 cm³/mol. The molecule has 0 aromatic heterocycles. The average molecular weight is 287 g/mol. The topological polar surface area (TPSA) is 52.6 Å². The van der Waals surface area contributed by atoms with E-state index in [1.807, 2.05) is 0 Å². The SMILES string of the molecule is COC(=O)C(=O)Cc1c(Br)cccc1OC. The van der Waals surface area contributed by atoms with Crippen LogP contribution in [0, 0.1) is 0 Å². The van der Waals surface area contributed by atoms with Crippen LogP contribution in [0.15, 0.2) is 22.7 Å². The molecule has 0 aliphatic carbocycles. The first kappa shape index (κ1) is 12.7. The number of rotatable bonds is 4.